The van der Waals surface area contributed by atoms with Gasteiger partial charge in [-0.1, -0.05) is 29.4 Å². The third-order valence-corrected chi connectivity index (χ3v) is 7.14. The van der Waals surface area contributed by atoms with E-state index in [1.807, 2.05) is 20.8 Å². The van der Waals surface area contributed by atoms with Gasteiger partial charge in [0.1, 0.15) is 17.4 Å². The first kappa shape index (κ1) is 24.9. The number of fused-ring (bicyclic) bond motifs is 1. The number of Topliss-reactive ketones (excluding diaryl/α,β-unsaturated/α-hetero) is 1. The van der Waals surface area contributed by atoms with E-state index in [1.54, 1.807) is 56.3 Å². The molecule has 5 rings (SSSR count). The molecular formula is C27H30N4O6. The number of rotatable bonds is 5. The Morgan fingerprint density at radius 2 is 1.84 bits per heavy atom. The fourth-order valence-corrected chi connectivity index (χ4v) is 5.75. The minimum absolute atomic E-state index is 0.174. The molecule has 2 aromatic rings. The van der Waals surface area contributed by atoms with E-state index in [0.717, 1.165) is 0 Å². The van der Waals surface area contributed by atoms with Crippen molar-refractivity contribution in [1.29, 1.82) is 0 Å². The number of hydrogen-bond donors (Lipinski definition) is 2. The summed E-state index contributed by atoms with van der Waals surface area (Å²) < 4.78 is 11.5. The largest absolute Gasteiger partial charge is 0.360 e. The molecule has 10 heteroatoms. The van der Waals surface area contributed by atoms with Crippen LogP contribution in [0.1, 0.15) is 50.7 Å². The highest BCUT2D eigenvalue weighted by Crippen LogP contribution is 2.60. The number of benzene rings is 1. The quantitative estimate of drug-likeness (QED) is 0.471. The Morgan fingerprint density at radius 1 is 1.11 bits per heavy atom. The standard InChI is InChI=1S/C27H30N4O6/c1-14-12-18(30-36-14)28-22(33)19-20-24(35)31(17-9-7-8-16(13-17)15(2)32)21(23(34)29-25(3,4)5)27(20)11-10-26(19,6)37-27/h7-13,19-21H,1-6H3,(H,29,34)(H,28,30,33). The number of nitrogens with one attached hydrogen (secondary N) is 2. The molecule has 0 aliphatic carbocycles. The molecule has 4 heterocycles. The summed E-state index contributed by atoms with van der Waals surface area (Å²) in [5, 5.41) is 9.53. The van der Waals surface area contributed by atoms with Gasteiger partial charge in [-0.25, -0.2) is 0 Å². The summed E-state index contributed by atoms with van der Waals surface area (Å²) in [6.45, 7) is 10.4. The van der Waals surface area contributed by atoms with Gasteiger partial charge in [0.05, 0.1) is 17.4 Å². The van der Waals surface area contributed by atoms with Gasteiger partial charge in [-0.3, -0.25) is 24.1 Å². The third kappa shape index (κ3) is 3.87. The van der Waals surface area contributed by atoms with Crippen LogP contribution in [-0.4, -0.2) is 51.4 Å². The minimum Gasteiger partial charge on any atom is -0.360 e. The van der Waals surface area contributed by atoms with E-state index in [9.17, 15) is 19.2 Å². The van der Waals surface area contributed by atoms with Crippen LogP contribution in [0.5, 0.6) is 0 Å². The molecule has 3 amide bonds. The Hall–Kier alpha value is -3.79. The number of aryl methyl sites for hydroxylation is 1. The van der Waals surface area contributed by atoms with Crippen molar-refractivity contribution in [3.05, 3.63) is 53.8 Å². The smallest absolute Gasteiger partial charge is 0.246 e. The molecule has 194 valence electrons. The van der Waals surface area contributed by atoms with Gasteiger partial charge in [-0.15, -0.1) is 0 Å². The first-order valence-electron chi connectivity index (χ1n) is 12.2. The van der Waals surface area contributed by atoms with Crippen molar-refractivity contribution >= 4 is 35.0 Å². The van der Waals surface area contributed by atoms with Gasteiger partial charge < -0.3 is 19.9 Å². The summed E-state index contributed by atoms with van der Waals surface area (Å²) >= 11 is 0. The average Bonchev–Trinajstić information content (AvgIpc) is 3.49. The molecule has 5 unspecified atom stereocenters. The Morgan fingerprint density at radius 3 is 2.46 bits per heavy atom. The van der Waals surface area contributed by atoms with Crippen molar-refractivity contribution in [2.75, 3.05) is 10.2 Å². The lowest BCUT2D eigenvalue weighted by atomic mass is 9.70. The zero-order chi connectivity index (χ0) is 26.9. The fourth-order valence-electron chi connectivity index (χ4n) is 5.75. The van der Waals surface area contributed by atoms with Crippen molar-refractivity contribution in [2.24, 2.45) is 11.8 Å². The van der Waals surface area contributed by atoms with Gasteiger partial charge in [-0.2, -0.15) is 0 Å². The first-order valence-corrected chi connectivity index (χ1v) is 12.2. The number of ketones is 1. The van der Waals surface area contributed by atoms with E-state index in [2.05, 4.69) is 15.8 Å². The number of amides is 3. The van der Waals surface area contributed by atoms with Gasteiger partial charge in [0.15, 0.2) is 11.6 Å². The van der Waals surface area contributed by atoms with Crippen molar-refractivity contribution in [1.82, 2.24) is 10.5 Å². The second kappa shape index (κ2) is 8.11. The summed E-state index contributed by atoms with van der Waals surface area (Å²) in [6, 6.07) is 7.04. The Kier molecular flexibility index (Phi) is 5.45. The maximum atomic E-state index is 14.2. The zero-order valence-electron chi connectivity index (χ0n) is 21.6. The SMILES string of the molecule is CC(=O)c1cccc(N2C(=O)C3C(C(=O)Nc4cc(C)on4)C4(C)C=CC3(O4)C2C(=O)NC(C)(C)C)c1. The zero-order valence-corrected chi connectivity index (χ0v) is 21.6. The van der Waals surface area contributed by atoms with Gasteiger partial charge in [0, 0.05) is 22.9 Å². The molecule has 0 radical (unpaired) electrons. The molecule has 3 aliphatic heterocycles. The van der Waals surface area contributed by atoms with Crippen LogP contribution in [0, 0.1) is 18.8 Å². The summed E-state index contributed by atoms with van der Waals surface area (Å²) in [4.78, 5) is 55.0. The predicted molar refractivity (Wildman–Crippen MR) is 134 cm³/mol. The van der Waals surface area contributed by atoms with Crippen LogP contribution >= 0.6 is 0 Å². The van der Waals surface area contributed by atoms with E-state index < -0.39 is 52.3 Å². The lowest BCUT2D eigenvalue weighted by Gasteiger charge is -2.35. The van der Waals surface area contributed by atoms with Crippen molar-refractivity contribution < 1.29 is 28.4 Å². The van der Waals surface area contributed by atoms with Crippen LogP contribution in [0.3, 0.4) is 0 Å². The highest BCUT2D eigenvalue weighted by Gasteiger charge is 2.76. The maximum Gasteiger partial charge on any atom is 0.246 e. The molecule has 2 saturated heterocycles. The molecular weight excluding hydrogens is 476 g/mol. The molecule has 5 atom stereocenters. The van der Waals surface area contributed by atoms with Gasteiger partial charge in [0.2, 0.25) is 17.7 Å². The lowest BCUT2D eigenvalue weighted by Crippen LogP contribution is -2.58. The van der Waals surface area contributed by atoms with Crippen LogP contribution < -0.4 is 15.5 Å². The molecule has 2 fully saturated rings. The molecule has 1 aromatic carbocycles. The Bertz CT molecular complexity index is 1360. The number of carbonyl (C=O) groups is 4. The first-order chi connectivity index (χ1) is 17.3. The van der Waals surface area contributed by atoms with Crippen LogP contribution in [0.4, 0.5) is 11.5 Å². The van der Waals surface area contributed by atoms with Gasteiger partial charge >= 0.3 is 0 Å². The molecule has 37 heavy (non-hydrogen) atoms. The predicted octanol–water partition coefficient (Wildman–Crippen LogP) is 2.78. The molecule has 2 bridgehead atoms. The van der Waals surface area contributed by atoms with E-state index in [4.69, 9.17) is 9.26 Å². The fraction of sp³-hybridized carbons (Fsp3) is 0.444. The number of nitrogens with zero attached hydrogens (tertiary/aromatic N) is 2. The average molecular weight is 507 g/mol. The number of anilines is 2. The van der Waals surface area contributed by atoms with Gasteiger partial charge in [0.25, 0.3) is 0 Å². The molecule has 1 aromatic heterocycles. The molecule has 3 aliphatic rings. The van der Waals surface area contributed by atoms with Crippen molar-refractivity contribution in [3.63, 3.8) is 0 Å². The molecule has 0 saturated carbocycles. The van der Waals surface area contributed by atoms with E-state index in [-0.39, 0.29) is 11.6 Å². The summed E-state index contributed by atoms with van der Waals surface area (Å²) in [6.07, 6.45) is 3.49. The third-order valence-electron chi connectivity index (χ3n) is 7.14. The maximum absolute atomic E-state index is 14.2. The number of aromatic nitrogens is 1. The minimum atomic E-state index is -1.38. The van der Waals surface area contributed by atoms with Crippen molar-refractivity contribution in [2.45, 2.75) is 64.3 Å². The molecule has 10 nitrogen and oxygen atoms in total. The normalized spacial score (nSPS) is 29.9. The van der Waals surface area contributed by atoms with Gasteiger partial charge in [-0.05, 0) is 53.7 Å². The van der Waals surface area contributed by atoms with Crippen LogP contribution in [-0.2, 0) is 19.1 Å². The molecule has 2 N–H and O–H groups in total. The summed E-state index contributed by atoms with van der Waals surface area (Å²) in [5.74, 6) is -2.65. The number of hydrogen-bond acceptors (Lipinski definition) is 7. The summed E-state index contributed by atoms with van der Waals surface area (Å²) in [7, 11) is 0. The number of ether oxygens (including phenoxy) is 1. The number of carbonyl (C=O) groups excluding carboxylic acids is 4. The van der Waals surface area contributed by atoms with E-state index in [0.29, 0.717) is 17.0 Å². The van der Waals surface area contributed by atoms with Crippen LogP contribution in [0.15, 0.2) is 47.0 Å². The van der Waals surface area contributed by atoms with Crippen molar-refractivity contribution in [3.8, 4) is 0 Å². The lowest BCUT2D eigenvalue weighted by molar-refractivity contribution is -0.131. The second-order valence-electron chi connectivity index (χ2n) is 11.2. The molecule has 1 spiro atoms. The topological polar surface area (TPSA) is 131 Å². The monoisotopic (exact) mass is 506 g/mol. The second-order valence-corrected chi connectivity index (χ2v) is 11.2. The van der Waals surface area contributed by atoms with Crippen LogP contribution in [0.25, 0.3) is 0 Å². The van der Waals surface area contributed by atoms with Crippen LogP contribution in [0.2, 0.25) is 0 Å². The highest BCUT2D eigenvalue weighted by atomic mass is 16.5. The summed E-state index contributed by atoms with van der Waals surface area (Å²) in [5.41, 5.74) is -2.30. The van der Waals surface area contributed by atoms with E-state index >= 15 is 0 Å². The Balaban J connectivity index is 1.61. The van der Waals surface area contributed by atoms with E-state index in [1.165, 1.54) is 11.8 Å². The highest BCUT2D eigenvalue weighted by molar-refractivity contribution is 6.12. The Labute approximate surface area is 214 Å².